The quantitative estimate of drug-likeness (QED) is 0.374. The second kappa shape index (κ2) is 9.07. The standard InChI is InChI=1S/C29H28N6O/c1-3-25-26(24-15-9-11-21-10-7-8-14-23(21)24)28-31-30-27(20(2)35(28)32-25)29(36)34-18-16-33(17-19-34)22-12-5-4-6-13-22/h4-15H,3,16-19H2,1-2H3. The highest BCUT2D eigenvalue weighted by Gasteiger charge is 2.27. The van der Waals surface area contributed by atoms with Crippen molar-refractivity contribution in [3.05, 3.63) is 89.9 Å². The molecule has 180 valence electrons. The lowest BCUT2D eigenvalue weighted by molar-refractivity contribution is 0.0738. The minimum atomic E-state index is -0.0881. The smallest absolute Gasteiger partial charge is 0.276 e. The van der Waals surface area contributed by atoms with Crippen molar-refractivity contribution >= 4 is 28.0 Å². The van der Waals surface area contributed by atoms with Gasteiger partial charge in [0.05, 0.1) is 17.0 Å². The minimum absolute atomic E-state index is 0.0881. The average molecular weight is 477 g/mol. The third-order valence-electron chi connectivity index (χ3n) is 7.12. The second-order valence-corrected chi connectivity index (χ2v) is 9.19. The fourth-order valence-corrected chi connectivity index (χ4v) is 5.17. The lowest BCUT2D eigenvalue weighted by atomic mass is 9.97. The van der Waals surface area contributed by atoms with Crippen molar-refractivity contribution in [1.82, 2.24) is 24.7 Å². The van der Waals surface area contributed by atoms with Crippen molar-refractivity contribution in [2.75, 3.05) is 31.1 Å². The molecular weight excluding hydrogens is 448 g/mol. The molecular formula is C29H28N6O. The van der Waals surface area contributed by atoms with E-state index in [2.05, 4.69) is 64.5 Å². The Morgan fingerprint density at radius 1 is 0.861 bits per heavy atom. The van der Waals surface area contributed by atoms with Crippen molar-refractivity contribution in [2.24, 2.45) is 0 Å². The van der Waals surface area contributed by atoms with Gasteiger partial charge in [-0.1, -0.05) is 67.6 Å². The first kappa shape index (κ1) is 22.2. The van der Waals surface area contributed by atoms with Crippen LogP contribution < -0.4 is 4.90 Å². The number of carbonyl (C=O) groups excluding carboxylic acids is 1. The number of fused-ring (bicyclic) bond motifs is 2. The summed E-state index contributed by atoms with van der Waals surface area (Å²) in [5.41, 5.74) is 5.98. The first-order valence-corrected chi connectivity index (χ1v) is 12.5. The summed E-state index contributed by atoms with van der Waals surface area (Å²) in [5.74, 6) is -0.0881. The molecule has 0 radical (unpaired) electrons. The van der Waals surface area contributed by atoms with Crippen molar-refractivity contribution in [3.63, 3.8) is 0 Å². The molecule has 1 saturated heterocycles. The van der Waals surface area contributed by atoms with Gasteiger partial charge in [-0.3, -0.25) is 4.79 Å². The maximum absolute atomic E-state index is 13.5. The van der Waals surface area contributed by atoms with E-state index in [1.807, 2.05) is 42.2 Å². The largest absolute Gasteiger partial charge is 0.368 e. The van der Waals surface area contributed by atoms with Crippen molar-refractivity contribution < 1.29 is 4.79 Å². The molecule has 0 aliphatic carbocycles. The van der Waals surface area contributed by atoms with Gasteiger partial charge >= 0.3 is 0 Å². The third-order valence-corrected chi connectivity index (χ3v) is 7.12. The summed E-state index contributed by atoms with van der Waals surface area (Å²) in [6, 6.07) is 24.9. The highest BCUT2D eigenvalue weighted by Crippen LogP contribution is 2.34. The normalized spacial score (nSPS) is 14.1. The van der Waals surface area contributed by atoms with Crippen LogP contribution in [-0.4, -0.2) is 56.8 Å². The molecule has 2 aromatic heterocycles. The molecule has 0 N–H and O–H groups in total. The van der Waals surface area contributed by atoms with Crippen LogP contribution in [0.5, 0.6) is 0 Å². The van der Waals surface area contributed by atoms with Crippen LogP contribution in [0.25, 0.3) is 27.5 Å². The summed E-state index contributed by atoms with van der Waals surface area (Å²) in [6.45, 7) is 6.88. The number of hydrogen-bond acceptors (Lipinski definition) is 5. The Morgan fingerprint density at radius 3 is 2.36 bits per heavy atom. The molecule has 1 aliphatic heterocycles. The zero-order chi connectivity index (χ0) is 24.6. The Bertz CT molecular complexity index is 1560. The van der Waals surface area contributed by atoms with E-state index in [4.69, 9.17) is 5.10 Å². The molecule has 7 nitrogen and oxygen atoms in total. The number of benzene rings is 3. The van der Waals surface area contributed by atoms with Gasteiger partial charge in [0.2, 0.25) is 0 Å². The highest BCUT2D eigenvalue weighted by atomic mass is 16.2. The molecule has 3 heterocycles. The molecule has 3 aromatic carbocycles. The number of piperazine rings is 1. The summed E-state index contributed by atoms with van der Waals surface area (Å²) >= 11 is 0. The van der Waals surface area contributed by atoms with Gasteiger partial charge in [-0.2, -0.15) is 5.10 Å². The van der Waals surface area contributed by atoms with Crippen LogP contribution in [0.2, 0.25) is 0 Å². The van der Waals surface area contributed by atoms with Crippen molar-refractivity contribution in [2.45, 2.75) is 20.3 Å². The van der Waals surface area contributed by atoms with Gasteiger partial charge in [-0.25, -0.2) is 4.52 Å². The lowest BCUT2D eigenvalue weighted by Gasteiger charge is -2.36. The molecule has 1 amide bonds. The number of rotatable bonds is 4. The first-order valence-electron chi connectivity index (χ1n) is 12.5. The van der Waals surface area contributed by atoms with Gasteiger partial charge in [-0.15, -0.1) is 10.2 Å². The topological polar surface area (TPSA) is 66.6 Å². The monoisotopic (exact) mass is 476 g/mol. The molecule has 0 saturated carbocycles. The molecule has 0 bridgehead atoms. The second-order valence-electron chi connectivity index (χ2n) is 9.19. The Hall–Kier alpha value is -4.26. The van der Waals surface area contributed by atoms with Crippen LogP contribution >= 0.6 is 0 Å². The number of carbonyl (C=O) groups is 1. The number of hydrogen-bond donors (Lipinski definition) is 0. The number of aromatic nitrogens is 4. The first-order chi connectivity index (χ1) is 17.7. The molecule has 5 aromatic rings. The Labute approximate surface area is 210 Å². The highest BCUT2D eigenvalue weighted by molar-refractivity contribution is 6.00. The van der Waals surface area contributed by atoms with E-state index in [-0.39, 0.29) is 5.91 Å². The molecule has 0 spiro atoms. The van der Waals surface area contributed by atoms with E-state index in [9.17, 15) is 4.79 Å². The van der Waals surface area contributed by atoms with E-state index in [1.54, 1.807) is 4.52 Å². The fraction of sp³-hybridized carbons (Fsp3) is 0.241. The van der Waals surface area contributed by atoms with Crippen LogP contribution in [0.1, 0.15) is 28.8 Å². The minimum Gasteiger partial charge on any atom is -0.368 e. The Balaban J connectivity index is 1.34. The Morgan fingerprint density at radius 2 is 1.58 bits per heavy atom. The summed E-state index contributed by atoms with van der Waals surface area (Å²) in [5, 5.41) is 16.2. The molecule has 7 heteroatoms. The third kappa shape index (κ3) is 3.68. The zero-order valence-corrected chi connectivity index (χ0v) is 20.6. The van der Waals surface area contributed by atoms with E-state index in [0.717, 1.165) is 47.4 Å². The van der Waals surface area contributed by atoms with Crippen molar-refractivity contribution in [1.29, 1.82) is 0 Å². The number of anilines is 1. The maximum Gasteiger partial charge on any atom is 0.276 e. The van der Waals surface area contributed by atoms with Crippen LogP contribution in [0.15, 0.2) is 72.8 Å². The van der Waals surface area contributed by atoms with Crippen LogP contribution in [-0.2, 0) is 6.42 Å². The summed E-state index contributed by atoms with van der Waals surface area (Å²) in [4.78, 5) is 17.7. The zero-order valence-electron chi connectivity index (χ0n) is 20.6. The average Bonchev–Trinajstić information content (AvgIpc) is 3.32. The van der Waals surface area contributed by atoms with Gasteiger partial charge in [0, 0.05) is 31.9 Å². The predicted octanol–water partition coefficient (Wildman–Crippen LogP) is 4.78. The molecule has 0 atom stereocenters. The van der Waals surface area contributed by atoms with Crippen LogP contribution in [0.3, 0.4) is 0 Å². The SMILES string of the molecule is CCc1nn2c(C)c(C(=O)N3CCN(c4ccccc4)CC3)nnc2c1-c1cccc2ccccc12. The molecule has 1 aliphatic rings. The Kier molecular flexibility index (Phi) is 5.60. The summed E-state index contributed by atoms with van der Waals surface area (Å²) in [6.07, 6.45) is 0.756. The van der Waals surface area contributed by atoms with Gasteiger partial charge in [0.15, 0.2) is 11.3 Å². The molecule has 1 fully saturated rings. The van der Waals surface area contributed by atoms with E-state index < -0.39 is 0 Å². The van der Waals surface area contributed by atoms with E-state index in [0.29, 0.717) is 24.4 Å². The predicted molar refractivity (Wildman–Crippen MR) is 142 cm³/mol. The number of amides is 1. The maximum atomic E-state index is 13.5. The molecule has 0 unspecified atom stereocenters. The number of aryl methyl sites for hydroxylation is 2. The van der Waals surface area contributed by atoms with Crippen LogP contribution in [0, 0.1) is 6.92 Å². The van der Waals surface area contributed by atoms with Gasteiger partial charge in [-0.05, 0) is 41.8 Å². The molecule has 36 heavy (non-hydrogen) atoms. The lowest BCUT2D eigenvalue weighted by Crippen LogP contribution is -2.49. The number of nitrogens with zero attached hydrogens (tertiary/aromatic N) is 6. The summed E-state index contributed by atoms with van der Waals surface area (Å²) < 4.78 is 1.80. The van der Waals surface area contributed by atoms with Gasteiger partial charge in [0.1, 0.15) is 0 Å². The molecule has 6 rings (SSSR count). The van der Waals surface area contributed by atoms with Gasteiger partial charge < -0.3 is 9.80 Å². The van der Waals surface area contributed by atoms with Gasteiger partial charge in [0.25, 0.3) is 5.91 Å². The van der Waals surface area contributed by atoms with E-state index >= 15 is 0 Å². The van der Waals surface area contributed by atoms with Crippen LogP contribution in [0.4, 0.5) is 5.69 Å². The fourth-order valence-electron chi connectivity index (χ4n) is 5.17. The number of para-hydroxylation sites is 1. The van der Waals surface area contributed by atoms with Crippen molar-refractivity contribution in [3.8, 4) is 11.1 Å². The van der Waals surface area contributed by atoms with E-state index in [1.165, 1.54) is 11.1 Å². The summed E-state index contributed by atoms with van der Waals surface area (Å²) in [7, 11) is 0.